The number of hydrogen-bond donors (Lipinski definition) is 0. The Morgan fingerprint density at radius 2 is 1.97 bits per heavy atom. The molecule has 2 aromatic heterocycles. The highest BCUT2D eigenvalue weighted by Gasteiger charge is 2.31. The maximum Gasteiger partial charge on any atom is 0.233 e. The summed E-state index contributed by atoms with van der Waals surface area (Å²) in [4.78, 5) is 19.2. The molecule has 4 heterocycles. The van der Waals surface area contributed by atoms with Crippen molar-refractivity contribution in [2.75, 3.05) is 25.5 Å². The standard InChI is InChI=1S/C24H25N5O3S/c1-2-11-29-23(17-7-9-25-10-8-17)26-27-24(29)33-16-22(30)28-12-3-4-19(28)18-5-6-20-21(15-18)32-14-13-31-20/h2,5-10,15,19H,1,3-4,11-14,16H2/t19-/m1/s1. The summed E-state index contributed by atoms with van der Waals surface area (Å²) < 4.78 is 13.3. The van der Waals surface area contributed by atoms with E-state index in [0.717, 1.165) is 47.8 Å². The first-order valence-electron chi connectivity index (χ1n) is 11.0. The van der Waals surface area contributed by atoms with Gasteiger partial charge in [0.25, 0.3) is 0 Å². The van der Waals surface area contributed by atoms with Crippen LogP contribution in [0, 0.1) is 0 Å². The van der Waals surface area contributed by atoms with Crippen LogP contribution >= 0.6 is 11.8 Å². The van der Waals surface area contributed by atoms with Crippen molar-refractivity contribution in [1.82, 2.24) is 24.6 Å². The zero-order valence-corrected chi connectivity index (χ0v) is 19.0. The van der Waals surface area contributed by atoms with Gasteiger partial charge in [-0.05, 0) is 42.7 Å². The molecular weight excluding hydrogens is 438 g/mol. The number of ether oxygens (including phenoxy) is 2. The fraction of sp³-hybridized carbons (Fsp3) is 0.333. The molecule has 5 rings (SSSR count). The van der Waals surface area contributed by atoms with Gasteiger partial charge in [-0.3, -0.25) is 14.3 Å². The van der Waals surface area contributed by atoms with Crippen molar-refractivity contribution in [2.24, 2.45) is 0 Å². The van der Waals surface area contributed by atoms with Crippen LogP contribution in [0.1, 0.15) is 24.4 Å². The van der Waals surface area contributed by atoms with Gasteiger partial charge in [-0.2, -0.15) is 0 Å². The SMILES string of the molecule is C=CCn1c(SCC(=O)N2CCC[C@@H]2c2ccc3c(c2)OCCO3)nnc1-c1ccncc1. The van der Waals surface area contributed by atoms with Crippen LogP contribution in [0.2, 0.25) is 0 Å². The van der Waals surface area contributed by atoms with Crippen LogP contribution in [-0.2, 0) is 11.3 Å². The van der Waals surface area contributed by atoms with E-state index in [9.17, 15) is 4.79 Å². The molecule has 3 aromatic rings. The summed E-state index contributed by atoms with van der Waals surface area (Å²) in [5.74, 6) is 2.65. The molecule has 0 bridgehead atoms. The second kappa shape index (κ2) is 9.66. The molecule has 1 fully saturated rings. The van der Waals surface area contributed by atoms with Crippen LogP contribution in [0.15, 0.2) is 60.5 Å². The van der Waals surface area contributed by atoms with E-state index >= 15 is 0 Å². The number of likely N-dealkylation sites (tertiary alicyclic amines) is 1. The van der Waals surface area contributed by atoms with Crippen LogP contribution in [0.5, 0.6) is 11.5 Å². The smallest absolute Gasteiger partial charge is 0.233 e. The minimum Gasteiger partial charge on any atom is -0.486 e. The highest BCUT2D eigenvalue weighted by molar-refractivity contribution is 7.99. The summed E-state index contributed by atoms with van der Waals surface area (Å²) >= 11 is 1.41. The number of hydrogen-bond acceptors (Lipinski definition) is 7. The number of aromatic nitrogens is 4. The fourth-order valence-corrected chi connectivity index (χ4v) is 5.13. The lowest BCUT2D eigenvalue weighted by atomic mass is 10.0. The van der Waals surface area contributed by atoms with Crippen molar-refractivity contribution in [1.29, 1.82) is 0 Å². The van der Waals surface area contributed by atoms with E-state index in [0.29, 0.717) is 30.7 Å². The van der Waals surface area contributed by atoms with E-state index in [2.05, 4.69) is 21.8 Å². The molecule has 1 saturated heterocycles. The molecule has 8 nitrogen and oxygen atoms in total. The maximum atomic E-state index is 13.2. The summed E-state index contributed by atoms with van der Waals surface area (Å²) in [6, 6.07) is 9.83. The molecule has 1 amide bonds. The summed E-state index contributed by atoms with van der Waals surface area (Å²) in [6.45, 7) is 6.28. The molecule has 2 aliphatic rings. The Morgan fingerprint density at radius 3 is 2.79 bits per heavy atom. The number of fused-ring (bicyclic) bond motifs is 1. The first kappa shape index (κ1) is 21.5. The van der Waals surface area contributed by atoms with Crippen molar-refractivity contribution in [3.05, 3.63) is 60.9 Å². The van der Waals surface area contributed by atoms with Crippen molar-refractivity contribution in [3.63, 3.8) is 0 Å². The molecule has 33 heavy (non-hydrogen) atoms. The number of carbonyl (C=O) groups excluding carboxylic acids is 1. The third-order valence-corrected chi connectivity index (χ3v) is 6.77. The zero-order valence-electron chi connectivity index (χ0n) is 18.2. The van der Waals surface area contributed by atoms with E-state index in [4.69, 9.17) is 9.47 Å². The Labute approximate surface area is 196 Å². The second-order valence-corrected chi connectivity index (χ2v) is 8.82. The highest BCUT2D eigenvalue weighted by atomic mass is 32.2. The van der Waals surface area contributed by atoms with Gasteiger partial charge in [0.1, 0.15) is 13.2 Å². The Morgan fingerprint density at radius 1 is 1.15 bits per heavy atom. The first-order valence-corrected chi connectivity index (χ1v) is 12.0. The summed E-state index contributed by atoms with van der Waals surface area (Å²) in [6.07, 6.45) is 7.18. The van der Waals surface area contributed by atoms with E-state index < -0.39 is 0 Å². The average molecular weight is 464 g/mol. The first-order chi connectivity index (χ1) is 16.2. The van der Waals surface area contributed by atoms with Crippen LogP contribution in [0.4, 0.5) is 0 Å². The quantitative estimate of drug-likeness (QED) is 0.390. The van der Waals surface area contributed by atoms with Gasteiger partial charge in [0, 0.05) is 31.0 Å². The normalized spacial score (nSPS) is 17.2. The number of pyridine rings is 1. The molecule has 1 aromatic carbocycles. The molecule has 9 heteroatoms. The number of benzene rings is 1. The van der Waals surface area contributed by atoms with Gasteiger partial charge in [-0.1, -0.05) is 23.9 Å². The molecular formula is C24H25N5O3S. The number of thioether (sulfide) groups is 1. The Balaban J connectivity index is 1.30. The maximum absolute atomic E-state index is 13.2. The van der Waals surface area contributed by atoms with Gasteiger partial charge in [0.05, 0.1) is 11.8 Å². The lowest BCUT2D eigenvalue weighted by Crippen LogP contribution is -2.32. The molecule has 0 N–H and O–H groups in total. The Kier molecular flexibility index (Phi) is 6.30. The third kappa shape index (κ3) is 4.45. The lowest BCUT2D eigenvalue weighted by molar-refractivity contribution is -0.129. The molecule has 0 aliphatic carbocycles. The molecule has 0 spiro atoms. The van der Waals surface area contributed by atoms with Crippen LogP contribution in [0.25, 0.3) is 11.4 Å². The van der Waals surface area contributed by atoms with Crippen LogP contribution < -0.4 is 9.47 Å². The molecule has 1 atom stereocenters. The minimum atomic E-state index is 0.0485. The third-order valence-electron chi connectivity index (χ3n) is 5.82. The zero-order chi connectivity index (χ0) is 22.6. The molecule has 170 valence electrons. The van der Waals surface area contributed by atoms with E-state index in [1.54, 1.807) is 18.5 Å². The largest absolute Gasteiger partial charge is 0.486 e. The van der Waals surface area contributed by atoms with Gasteiger partial charge >= 0.3 is 0 Å². The highest BCUT2D eigenvalue weighted by Crippen LogP contribution is 2.38. The molecule has 0 saturated carbocycles. The van der Waals surface area contributed by atoms with Crippen LogP contribution in [-0.4, -0.2) is 56.1 Å². The topological polar surface area (TPSA) is 82.4 Å². The summed E-state index contributed by atoms with van der Waals surface area (Å²) in [5.41, 5.74) is 2.01. The monoisotopic (exact) mass is 463 g/mol. The second-order valence-electron chi connectivity index (χ2n) is 7.88. The van der Waals surface area contributed by atoms with Crippen molar-refractivity contribution in [3.8, 4) is 22.9 Å². The average Bonchev–Trinajstić information content (AvgIpc) is 3.51. The van der Waals surface area contributed by atoms with Gasteiger partial charge in [-0.15, -0.1) is 16.8 Å². The summed E-state index contributed by atoms with van der Waals surface area (Å²) in [7, 11) is 0. The van der Waals surface area contributed by atoms with Crippen molar-refractivity contribution in [2.45, 2.75) is 30.6 Å². The Bertz CT molecular complexity index is 1150. The van der Waals surface area contributed by atoms with Gasteiger partial charge < -0.3 is 14.4 Å². The number of allylic oxidation sites excluding steroid dienone is 1. The van der Waals surface area contributed by atoms with Crippen molar-refractivity contribution < 1.29 is 14.3 Å². The number of amides is 1. The van der Waals surface area contributed by atoms with Crippen LogP contribution in [0.3, 0.4) is 0 Å². The van der Waals surface area contributed by atoms with E-state index in [-0.39, 0.29) is 11.9 Å². The number of nitrogens with zero attached hydrogens (tertiary/aromatic N) is 5. The molecule has 0 radical (unpaired) electrons. The molecule has 0 unspecified atom stereocenters. The summed E-state index contributed by atoms with van der Waals surface area (Å²) in [5, 5.41) is 9.39. The van der Waals surface area contributed by atoms with E-state index in [1.165, 1.54) is 11.8 Å². The lowest BCUT2D eigenvalue weighted by Gasteiger charge is -2.26. The van der Waals surface area contributed by atoms with E-state index in [1.807, 2.05) is 39.8 Å². The Hall–Kier alpha value is -3.33. The number of rotatable bonds is 7. The van der Waals surface area contributed by atoms with Crippen molar-refractivity contribution >= 4 is 17.7 Å². The predicted octanol–water partition coefficient (Wildman–Crippen LogP) is 3.75. The molecule has 2 aliphatic heterocycles. The van der Waals surface area contributed by atoms with Gasteiger partial charge in [0.2, 0.25) is 5.91 Å². The van der Waals surface area contributed by atoms with Gasteiger partial charge in [0.15, 0.2) is 22.5 Å². The predicted molar refractivity (Wildman–Crippen MR) is 125 cm³/mol. The number of carbonyl (C=O) groups is 1. The van der Waals surface area contributed by atoms with Gasteiger partial charge in [-0.25, -0.2) is 0 Å². The fourth-order valence-electron chi connectivity index (χ4n) is 4.29. The minimum absolute atomic E-state index is 0.0485.